The quantitative estimate of drug-likeness (QED) is 0.332. The first kappa shape index (κ1) is 18.6. The number of rotatable bonds is 2. The number of carbonyl (C=O) groups is 1. The number of oxime groups is 1. The van der Waals surface area contributed by atoms with Gasteiger partial charge in [0.15, 0.2) is 5.60 Å². The minimum Gasteiger partial charge on any atom is -0.445 e. The molecule has 0 unspecified atom stereocenters. The van der Waals surface area contributed by atoms with Gasteiger partial charge < -0.3 is 9.94 Å². The van der Waals surface area contributed by atoms with Crippen molar-refractivity contribution < 1.29 is 14.7 Å². The molecule has 0 heterocycles. The predicted molar refractivity (Wildman–Crippen MR) is 104 cm³/mol. The zero-order valence-electron chi connectivity index (χ0n) is 16.5. The number of terminal acetylenes is 1. The van der Waals surface area contributed by atoms with Crippen molar-refractivity contribution in [1.29, 1.82) is 0 Å². The molecule has 0 bridgehead atoms. The standard InChI is InChI=1S/C23H31NO3/c1-4-22-12-10-19-18-9-7-17(24-26)14-16(18)6-8-20(19)21(22)11-13-23(22,5-2)27-15(3)25/h2,14,18-21,26H,4,6-13H2,1,3H3/b24-17+/t18-,19+,20+,21+,22+,23-/m0/s1. The highest BCUT2D eigenvalue weighted by Crippen LogP contribution is 2.67. The van der Waals surface area contributed by atoms with Gasteiger partial charge in [0, 0.05) is 12.3 Å². The van der Waals surface area contributed by atoms with E-state index in [1.54, 1.807) is 0 Å². The molecule has 27 heavy (non-hydrogen) atoms. The summed E-state index contributed by atoms with van der Waals surface area (Å²) in [4.78, 5) is 11.9. The second-order valence-electron chi connectivity index (χ2n) is 9.08. The largest absolute Gasteiger partial charge is 0.445 e. The molecule has 1 N–H and O–H groups in total. The molecule has 4 heteroatoms. The number of hydrogen-bond acceptors (Lipinski definition) is 4. The highest BCUT2D eigenvalue weighted by molar-refractivity contribution is 5.96. The summed E-state index contributed by atoms with van der Waals surface area (Å²) in [5.74, 6) is 5.25. The van der Waals surface area contributed by atoms with E-state index in [9.17, 15) is 4.79 Å². The molecule has 6 atom stereocenters. The summed E-state index contributed by atoms with van der Waals surface area (Å²) in [6, 6.07) is 0. The number of carbonyl (C=O) groups excluding carboxylic acids is 1. The van der Waals surface area contributed by atoms with E-state index in [1.807, 2.05) is 0 Å². The molecule has 0 spiro atoms. The predicted octanol–water partition coefficient (Wildman–Crippen LogP) is 4.71. The lowest BCUT2D eigenvalue weighted by atomic mass is 9.49. The summed E-state index contributed by atoms with van der Waals surface area (Å²) >= 11 is 0. The first-order chi connectivity index (χ1) is 13.0. The normalized spacial score (nSPS) is 44.5. The van der Waals surface area contributed by atoms with E-state index in [-0.39, 0.29) is 11.4 Å². The summed E-state index contributed by atoms with van der Waals surface area (Å²) < 4.78 is 5.90. The summed E-state index contributed by atoms with van der Waals surface area (Å²) in [5.41, 5.74) is 1.53. The third-order valence-electron chi connectivity index (χ3n) is 8.45. The van der Waals surface area contributed by atoms with Gasteiger partial charge in [-0.25, -0.2) is 0 Å². The molecule has 0 radical (unpaired) electrons. The smallest absolute Gasteiger partial charge is 0.304 e. The lowest BCUT2D eigenvalue weighted by molar-refractivity contribution is -0.170. The Morgan fingerprint density at radius 3 is 2.78 bits per heavy atom. The van der Waals surface area contributed by atoms with Crippen LogP contribution in [0.5, 0.6) is 0 Å². The van der Waals surface area contributed by atoms with E-state index in [2.05, 4.69) is 24.1 Å². The molecular formula is C23H31NO3. The van der Waals surface area contributed by atoms with Crippen LogP contribution in [0.3, 0.4) is 0 Å². The molecule has 0 saturated heterocycles. The van der Waals surface area contributed by atoms with Crippen LogP contribution in [-0.2, 0) is 9.53 Å². The van der Waals surface area contributed by atoms with Crippen LogP contribution in [0.1, 0.15) is 71.6 Å². The second kappa shape index (κ2) is 6.69. The van der Waals surface area contributed by atoms with Gasteiger partial charge in [0.1, 0.15) is 0 Å². The van der Waals surface area contributed by atoms with Crippen LogP contribution in [0.4, 0.5) is 0 Å². The molecule has 3 fully saturated rings. The third kappa shape index (κ3) is 2.57. The van der Waals surface area contributed by atoms with Gasteiger partial charge in [-0.05, 0) is 87.5 Å². The molecule has 0 amide bonds. The maximum absolute atomic E-state index is 11.9. The Bertz CT molecular complexity index is 732. The maximum atomic E-state index is 11.9. The Kier molecular flexibility index (Phi) is 4.61. The van der Waals surface area contributed by atoms with Crippen LogP contribution in [0.15, 0.2) is 16.8 Å². The Morgan fingerprint density at radius 1 is 1.30 bits per heavy atom. The summed E-state index contributed by atoms with van der Waals surface area (Å²) in [5, 5.41) is 12.6. The molecule has 4 nitrogen and oxygen atoms in total. The Hall–Kier alpha value is -1.76. The van der Waals surface area contributed by atoms with E-state index in [0.717, 1.165) is 57.1 Å². The fourth-order valence-corrected chi connectivity index (χ4v) is 7.45. The van der Waals surface area contributed by atoms with Crippen molar-refractivity contribution in [3.05, 3.63) is 11.6 Å². The first-order valence-electron chi connectivity index (χ1n) is 10.6. The molecule has 4 aliphatic rings. The minimum absolute atomic E-state index is 0.0673. The third-order valence-corrected chi connectivity index (χ3v) is 8.45. The zero-order valence-corrected chi connectivity index (χ0v) is 16.5. The van der Waals surface area contributed by atoms with Gasteiger partial charge in [0.25, 0.3) is 0 Å². The Balaban J connectivity index is 1.66. The van der Waals surface area contributed by atoms with Crippen LogP contribution in [-0.4, -0.2) is 22.5 Å². The van der Waals surface area contributed by atoms with Gasteiger partial charge >= 0.3 is 5.97 Å². The van der Waals surface area contributed by atoms with Crippen molar-refractivity contribution in [1.82, 2.24) is 0 Å². The second-order valence-corrected chi connectivity index (χ2v) is 9.08. The van der Waals surface area contributed by atoms with Crippen molar-refractivity contribution >= 4 is 11.7 Å². The van der Waals surface area contributed by atoms with Gasteiger partial charge in [0.2, 0.25) is 0 Å². The molecule has 4 rings (SSSR count). The topological polar surface area (TPSA) is 58.9 Å². The average molecular weight is 370 g/mol. The van der Waals surface area contributed by atoms with Gasteiger partial charge in [-0.1, -0.05) is 23.6 Å². The van der Waals surface area contributed by atoms with E-state index in [1.165, 1.54) is 18.9 Å². The van der Waals surface area contributed by atoms with Crippen LogP contribution < -0.4 is 0 Å². The fraction of sp³-hybridized carbons (Fsp3) is 0.739. The Labute approximate surface area is 162 Å². The fourth-order valence-electron chi connectivity index (χ4n) is 7.45. The number of fused-ring (bicyclic) bond motifs is 5. The molecule has 0 aliphatic heterocycles. The van der Waals surface area contributed by atoms with Gasteiger partial charge in [-0.3, -0.25) is 4.79 Å². The van der Waals surface area contributed by atoms with Crippen molar-refractivity contribution in [2.45, 2.75) is 77.2 Å². The first-order valence-corrected chi connectivity index (χ1v) is 10.6. The molecule has 4 aliphatic carbocycles. The van der Waals surface area contributed by atoms with E-state index >= 15 is 0 Å². The highest BCUT2D eigenvalue weighted by atomic mass is 16.6. The lowest BCUT2D eigenvalue weighted by Gasteiger charge is -2.56. The van der Waals surface area contributed by atoms with Gasteiger partial charge in [-0.2, -0.15) is 0 Å². The van der Waals surface area contributed by atoms with Crippen LogP contribution in [0.2, 0.25) is 0 Å². The number of esters is 1. The van der Waals surface area contributed by atoms with Gasteiger partial charge in [-0.15, -0.1) is 6.42 Å². The minimum atomic E-state index is -0.720. The monoisotopic (exact) mass is 369 g/mol. The molecule has 146 valence electrons. The molecule has 0 aromatic heterocycles. The van der Waals surface area contributed by atoms with Crippen LogP contribution in [0.25, 0.3) is 0 Å². The van der Waals surface area contributed by atoms with Gasteiger partial charge in [0.05, 0.1) is 5.71 Å². The van der Waals surface area contributed by atoms with Crippen molar-refractivity contribution in [3.63, 3.8) is 0 Å². The van der Waals surface area contributed by atoms with Crippen molar-refractivity contribution in [2.75, 3.05) is 0 Å². The van der Waals surface area contributed by atoms with Crippen LogP contribution >= 0.6 is 0 Å². The molecular weight excluding hydrogens is 338 g/mol. The highest BCUT2D eigenvalue weighted by Gasteiger charge is 2.65. The SMILES string of the molecule is C#C[C@]1(OC(C)=O)CC[C@@H]2[C@@H]3CCC4=C/C(=N/O)CC[C@@H]4[C@H]3CC[C@]21CC. The zero-order chi connectivity index (χ0) is 19.2. The van der Waals surface area contributed by atoms with E-state index in [4.69, 9.17) is 16.4 Å². The summed E-state index contributed by atoms with van der Waals surface area (Å²) in [6.07, 6.45) is 17.5. The number of allylic oxidation sites excluding steroid dienone is 2. The lowest BCUT2D eigenvalue weighted by Crippen LogP contribution is -2.55. The number of ether oxygens (including phenoxy) is 1. The van der Waals surface area contributed by atoms with E-state index < -0.39 is 5.60 Å². The number of nitrogens with zero attached hydrogens (tertiary/aromatic N) is 1. The van der Waals surface area contributed by atoms with Crippen LogP contribution in [0, 0.1) is 41.4 Å². The number of hydrogen-bond donors (Lipinski definition) is 1. The summed E-state index contributed by atoms with van der Waals surface area (Å²) in [6.45, 7) is 3.72. The van der Waals surface area contributed by atoms with Crippen molar-refractivity contribution in [2.24, 2.45) is 34.2 Å². The van der Waals surface area contributed by atoms with Crippen molar-refractivity contribution in [3.8, 4) is 12.3 Å². The molecule has 3 saturated carbocycles. The molecule has 0 aromatic rings. The maximum Gasteiger partial charge on any atom is 0.304 e. The Morgan fingerprint density at radius 2 is 2.11 bits per heavy atom. The molecule has 0 aromatic carbocycles. The summed E-state index contributed by atoms with van der Waals surface area (Å²) in [7, 11) is 0. The van der Waals surface area contributed by atoms with E-state index in [0.29, 0.717) is 23.7 Å². The average Bonchev–Trinajstić information content (AvgIpc) is 3.01.